The standard InChI is InChI=1S/C16H16N2O2/c19-15-10-8-14(9-11-15)16(20)18-17-12-4-7-13-5-2-1-3-6-13/h1-3,5-6,8-12,19H,4,7H2,(H,18,20)/b17-12-. The fourth-order valence-electron chi connectivity index (χ4n) is 1.72. The van der Waals surface area contributed by atoms with Gasteiger partial charge in [0.1, 0.15) is 5.75 Å². The van der Waals surface area contributed by atoms with Gasteiger partial charge in [-0.05, 0) is 42.7 Å². The molecule has 0 aliphatic rings. The van der Waals surface area contributed by atoms with Gasteiger partial charge in [-0.25, -0.2) is 5.43 Å². The van der Waals surface area contributed by atoms with Crippen LogP contribution in [0.4, 0.5) is 0 Å². The van der Waals surface area contributed by atoms with Crippen LogP contribution in [0.15, 0.2) is 59.7 Å². The Morgan fingerprint density at radius 3 is 2.50 bits per heavy atom. The van der Waals surface area contributed by atoms with Gasteiger partial charge < -0.3 is 5.11 Å². The molecule has 4 nitrogen and oxygen atoms in total. The molecule has 102 valence electrons. The maximum atomic E-state index is 11.7. The molecule has 0 bridgehead atoms. The van der Waals surface area contributed by atoms with Crippen molar-refractivity contribution in [3.63, 3.8) is 0 Å². The zero-order valence-electron chi connectivity index (χ0n) is 11.0. The zero-order chi connectivity index (χ0) is 14.2. The number of phenolic OH excluding ortho intramolecular Hbond substituents is 1. The fourth-order valence-corrected chi connectivity index (χ4v) is 1.72. The number of nitrogens with one attached hydrogen (secondary N) is 1. The summed E-state index contributed by atoms with van der Waals surface area (Å²) in [6, 6.07) is 16.1. The van der Waals surface area contributed by atoms with Gasteiger partial charge in [0.15, 0.2) is 0 Å². The largest absolute Gasteiger partial charge is 0.508 e. The lowest BCUT2D eigenvalue weighted by atomic mass is 10.1. The van der Waals surface area contributed by atoms with Crippen LogP contribution in [0.2, 0.25) is 0 Å². The third kappa shape index (κ3) is 4.24. The van der Waals surface area contributed by atoms with Gasteiger partial charge in [0, 0.05) is 11.8 Å². The molecule has 4 heteroatoms. The number of amides is 1. The fraction of sp³-hybridized carbons (Fsp3) is 0.125. The summed E-state index contributed by atoms with van der Waals surface area (Å²) in [5.41, 5.74) is 4.15. The Morgan fingerprint density at radius 1 is 1.10 bits per heavy atom. The second kappa shape index (κ2) is 7.09. The SMILES string of the molecule is O=C(N/N=C\CCc1ccccc1)c1ccc(O)cc1. The highest BCUT2D eigenvalue weighted by atomic mass is 16.3. The van der Waals surface area contributed by atoms with Crippen molar-refractivity contribution in [1.82, 2.24) is 5.43 Å². The Morgan fingerprint density at radius 2 is 1.80 bits per heavy atom. The van der Waals surface area contributed by atoms with Crippen LogP contribution < -0.4 is 5.43 Å². The summed E-state index contributed by atoms with van der Waals surface area (Å²) in [6.45, 7) is 0. The quantitative estimate of drug-likeness (QED) is 0.647. The van der Waals surface area contributed by atoms with Gasteiger partial charge in [0.2, 0.25) is 0 Å². The Kier molecular flexibility index (Phi) is 4.89. The lowest BCUT2D eigenvalue weighted by Crippen LogP contribution is -2.17. The molecule has 2 N–H and O–H groups in total. The monoisotopic (exact) mass is 268 g/mol. The molecule has 2 aromatic carbocycles. The van der Waals surface area contributed by atoms with Gasteiger partial charge in [-0.2, -0.15) is 5.10 Å². The summed E-state index contributed by atoms with van der Waals surface area (Å²) in [7, 11) is 0. The molecular formula is C16H16N2O2. The van der Waals surface area contributed by atoms with E-state index in [-0.39, 0.29) is 11.7 Å². The van der Waals surface area contributed by atoms with Crippen molar-refractivity contribution in [3.8, 4) is 5.75 Å². The van der Waals surface area contributed by atoms with E-state index in [0.717, 1.165) is 12.8 Å². The van der Waals surface area contributed by atoms with E-state index in [1.54, 1.807) is 18.3 Å². The maximum absolute atomic E-state index is 11.7. The number of phenols is 1. The van der Waals surface area contributed by atoms with Gasteiger partial charge in [-0.1, -0.05) is 30.3 Å². The second-order valence-corrected chi connectivity index (χ2v) is 4.32. The van der Waals surface area contributed by atoms with Crippen LogP contribution in [0.1, 0.15) is 22.3 Å². The third-order valence-corrected chi connectivity index (χ3v) is 2.79. The highest BCUT2D eigenvalue weighted by Gasteiger charge is 2.02. The van der Waals surface area contributed by atoms with Crippen molar-refractivity contribution in [3.05, 3.63) is 65.7 Å². The topological polar surface area (TPSA) is 61.7 Å². The van der Waals surface area contributed by atoms with Crippen LogP contribution in [-0.2, 0) is 6.42 Å². The Labute approximate surface area is 117 Å². The zero-order valence-corrected chi connectivity index (χ0v) is 11.0. The first-order valence-corrected chi connectivity index (χ1v) is 6.40. The van der Waals surface area contributed by atoms with Gasteiger partial charge >= 0.3 is 0 Å². The molecule has 0 heterocycles. The second-order valence-electron chi connectivity index (χ2n) is 4.32. The Bertz CT molecular complexity index is 577. The Balaban J connectivity index is 1.76. The molecule has 2 aromatic rings. The minimum Gasteiger partial charge on any atom is -0.508 e. The summed E-state index contributed by atoms with van der Waals surface area (Å²) in [5, 5.41) is 13.0. The first-order valence-electron chi connectivity index (χ1n) is 6.40. The highest BCUT2D eigenvalue weighted by Crippen LogP contribution is 2.09. The molecule has 1 amide bonds. The molecule has 0 unspecified atom stereocenters. The summed E-state index contributed by atoms with van der Waals surface area (Å²) >= 11 is 0. The molecule has 0 saturated heterocycles. The molecule has 0 spiro atoms. The van der Waals surface area contributed by atoms with E-state index in [9.17, 15) is 4.79 Å². The van der Waals surface area contributed by atoms with E-state index in [0.29, 0.717) is 5.56 Å². The number of hydrazone groups is 1. The predicted octanol–water partition coefficient (Wildman–Crippen LogP) is 2.74. The summed E-state index contributed by atoms with van der Waals surface area (Å²) in [5.74, 6) is -0.158. The number of carbonyl (C=O) groups excluding carboxylic acids is 1. The number of rotatable bonds is 5. The number of hydrogen-bond acceptors (Lipinski definition) is 3. The minimum atomic E-state index is -0.291. The lowest BCUT2D eigenvalue weighted by molar-refractivity contribution is 0.0955. The van der Waals surface area contributed by atoms with Crippen molar-refractivity contribution in [2.45, 2.75) is 12.8 Å². The normalized spacial score (nSPS) is 10.6. The molecule has 0 saturated carbocycles. The lowest BCUT2D eigenvalue weighted by Gasteiger charge is -2.00. The predicted molar refractivity (Wildman–Crippen MR) is 78.8 cm³/mol. The van der Waals surface area contributed by atoms with E-state index in [4.69, 9.17) is 5.11 Å². The van der Waals surface area contributed by atoms with E-state index < -0.39 is 0 Å². The van der Waals surface area contributed by atoms with E-state index in [2.05, 4.69) is 22.7 Å². The highest BCUT2D eigenvalue weighted by molar-refractivity contribution is 5.94. The molecule has 2 rings (SSSR count). The molecule has 0 aliphatic carbocycles. The van der Waals surface area contributed by atoms with Crippen molar-refractivity contribution < 1.29 is 9.90 Å². The average molecular weight is 268 g/mol. The van der Waals surface area contributed by atoms with Crippen molar-refractivity contribution in [2.24, 2.45) is 5.10 Å². The molecular weight excluding hydrogens is 252 g/mol. The molecule has 0 radical (unpaired) electrons. The van der Waals surface area contributed by atoms with Crippen LogP contribution >= 0.6 is 0 Å². The number of benzene rings is 2. The molecule has 0 aromatic heterocycles. The number of nitrogens with zero attached hydrogens (tertiary/aromatic N) is 1. The van der Waals surface area contributed by atoms with Crippen LogP contribution in [0.3, 0.4) is 0 Å². The van der Waals surface area contributed by atoms with E-state index in [1.165, 1.54) is 17.7 Å². The number of aromatic hydroxyl groups is 1. The van der Waals surface area contributed by atoms with E-state index in [1.807, 2.05) is 18.2 Å². The van der Waals surface area contributed by atoms with Gasteiger partial charge in [0.25, 0.3) is 5.91 Å². The molecule has 0 fully saturated rings. The van der Waals surface area contributed by atoms with Crippen LogP contribution in [-0.4, -0.2) is 17.2 Å². The summed E-state index contributed by atoms with van der Waals surface area (Å²) in [4.78, 5) is 11.7. The minimum absolute atomic E-state index is 0.132. The van der Waals surface area contributed by atoms with Crippen molar-refractivity contribution in [1.29, 1.82) is 0 Å². The first-order chi connectivity index (χ1) is 9.75. The molecule has 0 atom stereocenters. The Hall–Kier alpha value is -2.62. The van der Waals surface area contributed by atoms with Gasteiger partial charge in [0.05, 0.1) is 0 Å². The van der Waals surface area contributed by atoms with Gasteiger partial charge in [-0.15, -0.1) is 0 Å². The van der Waals surface area contributed by atoms with Crippen LogP contribution in [0.25, 0.3) is 0 Å². The third-order valence-electron chi connectivity index (χ3n) is 2.79. The van der Waals surface area contributed by atoms with Crippen molar-refractivity contribution >= 4 is 12.1 Å². The van der Waals surface area contributed by atoms with E-state index >= 15 is 0 Å². The van der Waals surface area contributed by atoms with Crippen LogP contribution in [0, 0.1) is 0 Å². The average Bonchev–Trinajstić information content (AvgIpc) is 2.48. The molecule has 0 aliphatic heterocycles. The summed E-state index contributed by atoms with van der Waals surface area (Å²) in [6.07, 6.45) is 3.34. The number of hydrogen-bond donors (Lipinski definition) is 2. The smallest absolute Gasteiger partial charge is 0.271 e. The summed E-state index contributed by atoms with van der Waals surface area (Å²) < 4.78 is 0. The first kappa shape index (κ1) is 13.8. The van der Waals surface area contributed by atoms with Crippen molar-refractivity contribution in [2.75, 3.05) is 0 Å². The maximum Gasteiger partial charge on any atom is 0.271 e. The molecule has 20 heavy (non-hydrogen) atoms. The van der Waals surface area contributed by atoms with Gasteiger partial charge in [-0.3, -0.25) is 4.79 Å². The number of carbonyl (C=O) groups is 1. The van der Waals surface area contributed by atoms with Crippen LogP contribution in [0.5, 0.6) is 5.75 Å². The number of aryl methyl sites for hydroxylation is 1.